The molecule has 2 aromatic rings. The molecule has 120 valence electrons. The van der Waals surface area contributed by atoms with E-state index in [1.54, 1.807) is 6.07 Å². The molecule has 1 aliphatic rings. The Balaban J connectivity index is 1.77. The minimum absolute atomic E-state index is 0.0779. The number of carbonyl (C=O) groups excluding carboxylic acids is 1. The van der Waals surface area contributed by atoms with Gasteiger partial charge in [0.05, 0.1) is 5.56 Å². The van der Waals surface area contributed by atoms with E-state index in [-0.39, 0.29) is 17.1 Å². The summed E-state index contributed by atoms with van der Waals surface area (Å²) in [4.78, 5) is 12.4. The van der Waals surface area contributed by atoms with Crippen molar-refractivity contribution in [3.63, 3.8) is 0 Å². The van der Waals surface area contributed by atoms with E-state index in [2.05, 4.69) is 21.2 Å². The first kappa shape index (κ1) is 16.2. The predicted molar refractivity (Wildman–Crippen MR) is 93.0 cm³/mol. The zero-order valence-electron chi connectivity index (χ0n) is 12.8. The molecule has 1 saturated carbocycles. The van der Waals surface area contributed by atoms with E-state index < -0.39 is 0 Å². The summed E-state index contributed by atoms with van der Waals surface area (Å²) in [6.07, 6.45) is 4.33. The van der Waals surface area contributed by atoms with Gasteiger partial charge in [-0.05, 0) is 58.6 Å². The summed E-state index contributed by atoms with van der Waals surface area (Å²) in [5, 5.41) is 3.07. The first-order valence-corrected chi connectivity index (χ1v) is 8.69. The first-order chi connectivity index (χ1) is 11.1. The average molecular weight is 376 g/mol. The molecule has 0 bridgehead atoms. The van der Waals surface area contributed by atoms with Crippen LogP contribution in [0.2, 0.25) is 0 Å². The van der Waals surface area contributed by atoms with Crippen LogP contribution >= 0.6 is 15.9 Å². The molecule has 1 amide bonds. The predicted octanol–water partition coefficient (Wildman–Crippen LogP) is 4.83. The van der Waals surface area contributed by atoms with Gasteiger partial charge in [0, 0.05) is 16.4 Å². The molecule has 1 N–H and O–H groups in total. The van der Waals surface area contributed by atoms with Crippen LogP contribution in [-0.4, -0.2) is 12.5 Å². The average Bonchev–Trinajstić information content (AvgIpc) is 3.04. The van der Waals surface area contributed by atoms with E-state index in [9.17, 15) is 9.18 Å². The van der Waals surface area contributed by atoms with Crippen LogP contribution in [0.3, 0.4) is 0 Å². The van der Waals surface area contributed by atoms with Gasteiger partial charge in [-0.25, -0.2) is 4.39 Å². The second kappa shape index (κ2) is 6.83. The summed E-state index contributed by atoms with van der Waals surface area (Å²) in [5.41, 5.74) is 1.67. The highest BCUT2D eigenvalue weighted by Gasteiger charge is 2.36. The van der Waals surface area contributed by atoms with Gasteiger partial charge in [0.1, 0.15) is 5.82 Å². The maximum Gasteiger partial charge on any atom is 0.252 e. The minimum atomic E-state index is -0.223. The van der Waals surface area contributed by atoms with E-state index in [0.717, 1.165) is 35.7 Å². The van der Waals surface area contributed by atoms with E-state index in [0.29, 0.717) is 12.1 Å². The third kappa shape index (κ3) is 3.47. The molecule has 1 fully saturated rings. The lowest BCUT2D eigenvalue weighted by Crippen LogP contribution is -2.39. The number of hydrogen-bond acceptors (Lipinski definition) is 1. The Hall–Kier alpha value is -1.68. The van der Waals surface area contributed by atoms with Crippen molar-refractivity contribution in [1.29, 1.82) is 0 Å². The number of amides is 1. The van der Waals surface area contributed by atoms with Gasteiger partial charge in [-0.1, -0.05) is 37.1 Å². The van der Waals surface area contributed by atoms with Gasteiger partial charge in [0.2, 0.25) is 0 Å². The monoisotopic (exact) mass is 375 g/mol. The van der Waals surface area contributed by atoms with Crippen LogP contribution in [0.25, 0.3) is 0 Å². The van der Waals surface area contributed by atoms with Crippen molar-refractivity contribution in [3.8, 4) is 0 Å². The highest BCUT2D eigenvalue weighted by Crippen LogP contribution is 2.40. The zero-order valence-corrected chi connectivity index (χ0v) is 14.4. The third-order valence-corrected chi connectivity index (χ3v) is 5.41. The molecule has 4 heteroatoms. The number of rotatable bonds is 4. The van der Waals surface area contributed by atoms with Gasteiger partial charge in [-0.3, -0.25) is 4.79 Å². The lowest BCUT2D eigenvalue weighted by Gasteiger charge is -2.30. The summed E-state index contributed by atoms with van der Waals surface area (Å²) in [6, 6.07) is 14.1. The summed E-state index contributed by atoms with van der Waals surface area (Å²) in [6.45, 7) is 0.582. The molecule has 0 unspecified atom stereocenters. The second-order valence-corrected chi connectivity index (χ2v) is 7.01. The van der Waals surface area contributed by atoms with Gasteiger partial charge in [0.25, 0.3) is 5.91 Å². The Bertz CT molecular complexity index is 693. The Morgan fingerprint density at radius 2 is 1.74 bits per heavy atom. The fourth-order valence-electron chi connectivity index (χ4n) is 3.41. The second-order valence-electron chi connectivity index (χ2n) is 6.16. The molecule has 0 atom stereocenters. The van der Waals surface area contributed by atoms with E-state index in [1.807, 2.05) is 30.3 Å². The van der Waals surface area contributed by atoms with Crippen molar-refractivity contribution in [3.05, 3.63) is 69.9 Å². The Kier molecular flexibility index (Phi) is 4.81. The van der Waals surface area contributed by atoms with Crippen LogP contribution in [0.1, 0.15) is 41.6 Å². The summed E-state index contributed by atoms with van der Waals surface area (Å²) < 4.78 is 14.0. The van der Waals surface area contributed by atoms with E-state index in [4.69, 9.17) is 0 Å². The van der Waals surface area contributed by atoms with E-state index >= 15 is 0 Å². The molecule has 0 aromatic heterocycles. The molecule has 1 aliphatic carbocycles. The van der Waals surface area contributed by atoms with Crippen LogP contribution in [0, 0.1) is 5.82 Å². The van der Waals surface area contributed by atoms with Crippen LogP contribution in [0.15, 0.2) is 53.0 Å². The highest BCUT2D eigenvalue weighted by atomic mass is 79.9. The molecule has 3 rings (SSSR count). The van der Waals surface area contributed by atoms with Crippen molar-refractivity contribution >= 4 is 21.8 Å². The smallest absolute Gasteiger partial charge is 0.252 e. The van der Waals surface area contributed by atoms with Crippen molar-refractivity contribution in [2.45, 2.75) is 31.1 Å². The fraction of sp³-hybridized carbons (Fsp3) is 0.316. The molecular weight excluding hydrogens is 357 g/mol. The van der Waals surface area contributed by atoms with Gasteiger partial charge < -0.3 is 5.32 Å². The summed E-state index contributed by atoms with van der Waals surface area (Å²) in [5.74, 6) is -0.301. The standard InChI is InChI=1S/C19H19BrFNO/c20-17-6-2-1-5-16(17)18(23)22-13-19(11-3-4-12-19)14-7-9-15(21)10-8-14/h1-2,5-10H,3-4,11-13H2,(H,22,23). The van der Waals surface area contributed by atoms with Crippen molar-refractivity contribution < 1.29 is 9.18 Å². The zero-order chi connectivity index (χ0) is 16.3. The number of hydrogen-bond donors (Lipinski definition) is 1. The molecule has 0 heterocycles. The molecular formula is C19H19BrFNO. The molecule has 2 nitrogen and oxygen atoms in total. The van der Waals surface area contributed by atoms with Crippen LogP contribution in [0.5, 0.6) is 0 Å². The topological polar surface area (TPSA) is 29.1 Å². The quantitative estimate of drug-likeness (QED) is 0.814. The van der Waals surface area contributed by atoms with Crippen molar-refractivity contribution in [2.75, 3.05) is 6.54 Å². The SMILES string of the molecule is O=C(NCC1(c2ccc(F)cc2)CCCC1)c1ccccc1Br. The normalized spacial score (nSPS) is 16.3. The van der Waals surface area contributed by atoms with Crippen molar-refractivity contribution in [2.24, 2.45) is 0 Å². The maximum absolute atomic E-state index is 13.2. The fourth-order valence-corrected chi connectivity index (χ4v) is 3.88. The summed E-state index contributed by atoms with van der Waals surface area (Å²) in [7, 11) is 0. The Morgan fingerprint density at radius 3 is 2.39 bits per heavy atom. The van der Waals surface area contributed by atoms with Crippen molar-refractivity contribution in [1.82, 2.24) is 5.32 Å². The highest BCUT2D eigenvalue weighted by molar-refractivity contribution is 9.10. The van der Waals surface area contributed by atoms with Gasteiger partial charge in [0.15, 0.2) is 0 Å². The largest absolute Gasteiger partial charge is 0.351 e. The molecule has 23 heavy (non-hydrogen) atoms. The lowest BCUT2D eigenvalue weighted by molar-refractivity contribution is 0.0942. The minimum Gasteiger partial charge on any atom is -0.351 e. The van der Waals surface area contributed by atoms with Gasteiger partial charge in [-0.2, -0.15) is 0 Å². The number of nitrogens with one attached hydrogen (secondary N) is 1. The van der Waals surface area contributed by atoms with Crippen LogP contribution < -0.4 is 5.32 Å². The van der Waals surface area contributed by atoms with E-state index in [1.165, 1.54) is 12.1 Å². The third-order valence-electron chi connectivity index (χ3n) is 4.72. The number of carbonyl (C=O) groups is 1. The maximum atomic E-state index is 13.2. The summed E-state index contributed by atoms with van der Waals surface area (Å²) >= 11 is 3.41. The number of benzene rings is 2. The molecule has 0 spiro atoms. The molecule has 0 radical (unpaired) electrons. The van der Waals surface area contributed by atoms with Gasteiger partial charge in [-0.15, -0.1) is 0 Å². The number of halogens is 2. The molecule has 0 saturated heterocycles. The first-order valence-electron chi connectivity index (χ1n) is 7.90. The Morgan fingerprint density at radius 1 is 1.09 bits per heavy atom. The van der Waals surface area contributed by atoms with Crippen LogP contribution in [0.4, 0.5) is 4.39 Å². The molecule has 0 aliphatic heterocycles. The van der Waals surface area contributed by atoms with Gasteiger partial charge >= 0.3 is 0 Å². The van der Waals surface area contributed by atoms with Crippen LogP contribution in [-0.2, 0) is 5.41 Å². The molecule has 2 aromatic carbocycles. The lowest BCUT2D eigenvalue weighted by atomic mass is 9.78. The Labute approximate surface area is 144 Å².